The van der Waals surface area contributed by atoms with Gasteiger partial charge in [-0.2, -0.15) is 5.10 Å². The Bertz CT molecular complexity index is 848. The first-order valence-electron chi connectivity index (χ1n) is 8.22. The van der Waals surface area contributed by atoms with E-state index < -0.39 is 40.8 Å². The molecule has 11 heteroatoms. The van der Waals surface area contributed by atoms with Crippen molar-refractivity contribution in [2.24, 2.45) is 11.0 Å². The molecule has 0 saturated carbocycles. The summed E-state index contributed by atoms with van der Waals surface area (Å²) in [6, 6.07) is 4.22. The lowest BCUT2D eigenvalue weighted by Gasteiger charge is -2.20. The Kier molecular flexibility index (Phi) is 8.59. The first-order valence-corrected chi connectivity index (χ1v) is 8.98. The number of anilines is 1. The van der Waals surface area contributed by atoms with E-state index in [0.29, 0.717) is 0 Å². The van der Waals surface area contributed by atoms with Crippen LogP contribution in [0.25, 0.3) is 0 Å². The van der Waals surface area contributed by atoms with E-state index in [1.807, 2.05) is 0 Å². The second-order valence-corrected chi connectivity index (χ2v) is 7.59. The first-order chi connectivity index (χ1) is 13.4. The number of halogens is 2. The van der Waals surface area contributed by atoms with Gasteiger partial charge in [0.25, 0.3) is 5.91 Å². The van der Waals surface area contributed by atoms with Crippen molar-refractivity contribution in [3.8, 4) is 0 Å². The second kappa shape index (κ2) is 10.2. The van der Waals surface area contributed by atoms with Crippen molar-refractivity contribution in [1.82, 2.24) is 5.43 Å². The number of carbonyl (C=O) groups is 4. The number of ether oxygens (including phenoxy) is 2. The summed E-state index contributed by atoms with van der Waals surface area (Å²) in [7, 11) is 2.04. The van der Waals surface area contributed by atoms with Crippen LogP contribution in [0, 0.1) is 5.92 Å². The number of esters is 2. The molecule has 0 saturated heterocycles. The summed E-state index contributed by atoms with van der Waals surface area (Å²) in [5, 5.41) is 6.44. The van der Waals surface area contributed by atoms with Crippen molar-refractivity contribution in [3.63, 3.8) is 0 Å². The monoisotopic (exact) mass is 445 g/mol. The molecule has 158 valence electrons. The summed E-state index contributed by atoms with van der Waals surface area (Å²) in [6.45, 7) is 5.19. The Hall–Kier alpha value is -2.65. The number of nitrogens with one attached hydrogen (secondary N) is 2. The van der Waals surface area contributed by atoms with Gasteiger partial charge in [0.05, 0.1) is 24.9 Å². The molecule has 29 heavy (non-hydrogen) atoms. The summed E-state index contributed by atoms with van der Waals surface area (Å²) in [6.07, 6.45) is 0. The predicted octanol–water partition coefficient (Wildman–Crippen LogP) is 2.21. The number of hydrogen-bond donors (Lipinski definition) is 2. The van der Waals surface area contributed by atoms with Gasteiger partial charge in [0.1, 0.15) is 0 Å². The van der Waals surface area contributed by atoms with E-state index >= 15 is 0 Å². The number of carbonyl (C=O) groups excluding carboxylic acids is 4. The van der Waals surface area contributed by atoms with Gasteiger partial charge >= 0.3 is 11.9 Å². The van der Waals surface area contributed by atoms with Gasteiger partial charge in [0.2, 0.25) is 5.78 Å². The molecular formula is C18H21Cl2N3O6. The molecule has 2 N–H and O–H groups in total. The van der Waals surface area contributed by atoms with Gasteiger partial charge < -0.3 is 20.2 Å². The summed E-state index contributed by atoms with van der Waals surface area (Å²) < 4.78 is 9.18. The third kappa shape index (κ3) is 7.03. The highest BCUT2D eigenvalue weighted by molar-refractivity contribution is 6.56. The quantitative estimate of drug-likeness (QED) is 0.216. The lowest BCUT2D eigenvalue weighted by molar-refractivity contribution is -0.150. The third-order valence-corrected chi connectivity index (χ3v) is 3.84. The molecule has 1 amide bonds. The molecule has 1 atom stereocenters. The van der Waals surface area contributed by atoms with Gasteiger partial charge in [-0.1, -0.05) is 23.2 Å². The molecule has 1 rings (SSSR count). The van der Waals surface area contributed by atoms with Crippen molar-refractivity contribution >= 4 is 58.2 Å². The first kappa shape index (κ1) is 24.4. The molecule has 0 aliphatic heterocycles. The Morgan fingerprint density at radius 2 is 1.69 bits per heavy atom. The van der Waals surface area contributed by atoms with Crippen LogP contribution in [-0.4, -0.2) is 49.1 Å². The number of hydrogen-bond acceptors (Lipinski definition) is 8. The van der Waals surface area contributed by atoms with Crippen molar-refractivity contribution < 1.29 is 28.7 Å². The number of rotatable bonds is 7. The summed E-state index contributed by atoms with van der Waals surface area (Å²) in [5.41, 5.74) is 1.42. The van der Waals surface area contributed by atoms with Crippen molar-refractivity contribution in [2.75, 3.05) is 19.5 Å². The van der Waals surface area contributed by atoms with Crippen LogP contribution in [0.2, 0.25) is 10.0 Å². The van der Waals surface area contributed by atoms with Crippen LogP contribution in [0.15, 0.2) is 23.3 Å². The average molecular weight is 446 g/mol. The normalized spacial score (nSPS) is 12.6. The van der Waals surface area contributed by atoms with Crippen LogP contribution in [0.4, 0.5) is 5.69 Å². The van der Waals surface area contributed by atoms with Gasteiger partial charge in [-0.05, 0) is 39.0 Å². The Morgan fingerprint density at radius 3 is 2.21 bits per heavy atom. The number of Topliss-reactive ketones (excluding diaryl/α,β-unsaturated/α-hetero) is 1. The van der Waals surface area contributed by atoms with E-state index in [2.05, 4.69) is 25.3 Å². The minimum absolute atomic E-state index is 0.0468. The highest BCUT2D eigenvalue weighted by atomic mass is 35.5. The smallest absolute Gasteiger partial charge is 0.355 e. The minimum Gasteiger partial charge on any atom is -0.468 e. The molecule has 1 aromatic carbocycles. The highest BCUT2D eigenvalue weighted by Gasteiger charge is 2.41. The number of methoxy groups -OCH3 is 2. The van der Waals surface area contributed by atoms with Crippen LogP contribution >= 0.6 is 23.2 Å². The van der Waals surface area contributed by atoms with E-state index in [0.717, 1.165) is 14.2 Å². The zero-order chi connectivity index (χ0) is 22.4. The number of benzene rings is 1. The summed E-state index contributed by atoms with van der Waals surface area (Å²) in [5.74, 6) is -6.73. The topological polar surface area (TPSA) is 123 Å². The minimum atomic E-state index is -1.96. The average Bonchev–Trinajstić information content (AvgIpc) is 2.65. The molecule has 0 fully saturated rings. The number of nitrogens with zero attached hydrogens (tertiary/aromatic N) is 1. The Labute approximate surface area is 177 Å². The van der Waals surface area contributed by atoms with E-state index in [4.69, 9.17) is 23.2 Å². The summed E-state index contributed by atoms with van der Waals surface area (Å²) >= 11 is 11.8. The van der Waals surface area contributed by atoms with Crippen molar-refractivity contribution in [3.05, 3.63) is 28.2 Å². The van der Waals surface area contributed by atoms with Crippen LogP contribution in [-0.2, 0) is 28.7 Å². The van der Waals surface area contributed by atoms with Crippen molar-refractivity contribution in [1.29, 1.82) is 0 Å². The third-order valence-electron chi connectivity index (χ3n) is 3.28. The van der Waals surface area contributed by atoms with Crippen LogP contribution < -0.4 is 10.7 Å². The Morgan fingerprint density at radius 1 is 1.07 bits per heavy atom. The van der Waals surface area contributed by atoms with Gasteiger partial charge in [-0.3, -0.25) is 14.4 Å². The standard InChI is InChI=1S/C18H21Cl2N3O6/c1-18(2,3)23-22-13(17(27)29-5)12(16(26)28-4)14(24)15(25)21-11-8-9(19)6-7-10(11)20/h6-8,12,23H,1-5H3,(H,21,25)/b22-13-. The second-order valence-electron chi connectivity index (χ2n) is 6.75. The van der Waals surface area contributed by atoms with Crippen LogP contribution in [0.5, 0.6) is 0 Å². The molecule has 0 aromatic heterocycles. The number of amides is 1. The maximum absolute atomic E-state index is 12.7. The molecule has 0 radical (unpaired) electrons. The van der Waals surface area contributed by atoms with E-state index in [-0.39, 0.29) is 15.7 Å². The maximum Gasteiger partial charge on any atom is 0.355 e. The Balaban J connectivity index is 3.31. The van der Waals surface area contributed by atoms with Gasteiger partial charge in [-0.25, -0.2) is 4.79 Å². The zero-order valence-electron chi connectivity index (χ0n) is 16.5. The molecule has 0 spiro atoms. The molecule has 0 bridgehead atoms. The zero-order valence-corrected chi connectivity index (χ0v) is 18.0. The van der Waals surface area contributed by atoms with E-state index in [1.54, 1.807) is 20.8 Å². The van der Waals surface area contributed by atoms with E-state index in [1.165, 1.54) is 18.2 Å². The van der Waals surface area contributed by atoms with Gasteiger partial charge in [0.15, 0.2) is 11.6 Å². The fraction of sp³-hybridized carbons (Fsp3) is 0.389. The highest BCUT2D eigenvalue weighted by Crippen LogP contribution is 2.25. The molecule has 0 heterocycles. The SMILES string of the molecule is COC(=O)/C(=N\NC(C)(C)C)C(C(=O)OC)C(=O)C(=O)Nc1cc(Cl)ccc1Cl. The lowest BCUT2D eigenvalue weighted by Crippen LogP contribution is -2.45. The molecular weight excluding hydrogens is 425 g/mol. The van der Waals surface area contributed by atoms with Crippen LogP contribution in [0.3, 0.4) is 0 Å². The van der Waals surface area contributed by atoms with Crippen LogP contribution in [0.1, 0.15) is 20.8 Å². The predicted molar refractivity (Wildman–Crippen MR) is 108 cm³/mol. The number of hydrazone groups is 1. The van der Waals surface area contributed by atoms with Crippen molar-refractivity contribution in [2.45, 2.75) is 26.3 Å². The largest absolute Gasteiger partial charge is 0.468 e. The van der Waals surface area contributed by atoms with Gasteiger partial charge in [-0.15, -0.1) is 0 Å². The molecule has 9 nitrogen and oxygen atoms in total. The maximum atomic E-state index is 12.7. The molecule has 0 aliphatic rings. The summed E-state index contributed by atoms with van der Waals surface area (Å²) in [4.78, 5) is 49.6. The lowest BCUT2D eigenvalue weighted by atomic mass is 9.97. The fourth-order valence-corrected chi connectivity index (χ4v) is 2.27. The molecule has 1 aromatic rings. The van der Waals surface area contributed by atoms with Gasteiger partial charge in [0, 0.05) is 10.6 Å². The molecule has 1 unspecified atom stereocenters. The fourth-order valence-electron chi connectivity index (χ4n) is 1.93. The number of ketones is 1. The molecule has 0 aliphatic carbocycles. The van der Waals surface area contributed by atoms with E-state index in [9.17, 15) is 19.2 Å².